The molecule has 7 nitrogen and oxygen atoms in total. The maximum absolute atomic E-state index is 11.4. The fourth-order valence-electron chi connectivity index (χ4n) is 2.08. The number of likely N-dealkylation sites (N-methyl/N-ethyl adjacent to an activating group) is 1. The quantitative estimate of drug-likeness (QED) is 0.541. The number of carbonyl (C=O) groups is 3. The molecule has 0 heterocycles. The van der Waals surface area contributed by atoms with Gasteiger partial charge in [-0.05, 0) is 12.8 Å². The minimum Gasteiger partial charge on any atom is -0.481 e. The van der Waals surface area contributed by atoms with E-state index in [-0.39, 0.29) is 19.0 Å². The Morgan fingerprint density at radius 3 is 2.28 bits per heavy atom. The van der Waals surface area contributed by atoms with Gasteiger partial charge in [0.1, 0.15) is 0 Å². The zero-order chi connectivity index (χ0) is 13.6. The molecular weight excluding hydrogens is 238 g/mol. The Kier molecular flexibility index (Phi) is 4.94. The molecule has 7 heteroatoms. The van der Waals surface area contributed by atoms with Gasteiger partial charge in [0, 0.05) is 13.6 Å². The molecule has 1 fully saturated rings. The number of carbonyl (C=O) groups excluding carboxylic acids is 2. The zero-order valence-corrected chi connectivity index (χ0v) is 10.4. The van der Waals surface area contributed by atoms with Crippen molar-refractivity contribution in [2.24, 2.45) is 5.41 Å². The summed E-state index contributed by atoms with van der Waals surface area (Å²) in [5.41, 5.74) is -0.843. The van der Waals surface area contributed by atoms with Gasteiger partial charge >= 0.3 is 12.0 Å². The Morgan fingerprint density at radius 2 is 1.78 bits per heavy atom. The Labute approximate surface area is 105 Å². The van der Waals surface area contributed by atoms with Crippen LogP contribution in [-0.2, 0) is 9.59 Å². The van der Waals surface area contributed by atoms with E-state index in [9.17, 15) is 19.5 Å². The van der Waals surface area contributed by atoms with Crippen molar-refractivity contribution in [1.29, 1.82) is 0 Å². The fourth-order valence-corrected chi connectivity index (χ4v) is 2.08. The van der Waals surface area contributed by atoms with Crippen LogP contribution in [0, 0.1) is 5.41 Å². The summed E-state index contributed by atoms with van der Waals surface area (Å²) in [6, 6.07) is -0.522. The normalized spacial score (nSPS) is 16.9. The summed E-state index contributed by atoms with van der Waals surface area (Å²) in [5.74, 6) is -1.18. The van der Waals surface area contributed by atoms with Crippen LogP contribution in [0.1, 0.15) is 25.7 Å². The lowest BCUT2D eigenvalue weighted by Crippen LogP contribution is -2.47. The Bertz CT molecular complexity index is 337. The number of urea groups is 1. The Morgan fingerprint density at radius 1 is 1.17 bits per heavy atom. The highest BCUT2D eigenvalue weighted by molar-refractivity contribution is 5.84. The monoisotopic (exact) mass is 257 g/mol. The summed E-state index contributed by atoms with van der Waals surface area (Å²) >= 11 is 0. The molecule has 0 unspecified atom stereocenters. The summed E-state index contributed by atoms with van der Waals surface area (Å²) in [6.07, 6.45) is 2.90. The van der Waals surface area contributed by atoms with E-state index in [1.807, 2.05) is 0 Å². The molecule has 0 atom stereocenters. The van der Waals surface area contributed by atoms with Gasteiger partial charge in [-0.1, -0.05) is 12.8 Å². The summed E-state index contributed by atoms with van der Waals surface area (Å²) in [5, 5.41) is 16.4. The maximum Gasteiger partial charge on any atom is 0.315 e. The summed E-state index contributed by atoms with van der Waals surface area (Å²) < 4.78 is 0. The number of aliphatic carboxylic acids is 1. The highest BCUT2D eigenvalue weighted by atomic mass is 16.4. The van der Waals surface area contributed by atoms with Gasteiger partial charge in [-0.2, -0.15) is 0 Å². The van der Waals surface area contributed by atoms with Crippen molar-refractivity contribution in [3.63, 3.8) is 0 Å². The second-order valence-electron chi connectivity index (χ2n) is 4.50. The second-order valence-corrected chi connectivity index (χ2v) is 4.50. The lowest BCUT2D eigenvalue weighted by molar-refractivity contribution is -0.148. The van der Waals surface area contributed by atoms with Crippen molar-refractivity contribution in [3.8, 4) is 0 Å². The first-order valence-corrected chi connectivity index (χ1v) is 5.96. The second kappa shape index (κ2) is 6.23. The fraction of sp³-hybridized carbons (Fsp3) is 0.727. The molecule has 0 aromatic rings. The standard InChI is InChI=1S/C11H19N3O4/c1-12-8(15)6-13-10(18)14-7-11(9(16)17)4-2-3-5-11/h2-7H2,1H3,(H,12,15)(H,16,17)(H2,13,14,18). The van der Waals surface area contributed by atoms with Crippen molar-refractivity contribution in [2.75, 3.05) is 20.1 Å². The number of nitrogens with one attached hydrogen (secondary N) is 3. The van der Waals surface area contributed by atoms with Gasteiger partial charge in [0.2, 0.25) is 5.91 Å². The average Bonchev–Trinajstić information content (AvgIpc) is 2.83. The van der Waals surface area contributed by atoms with Gasteiger partial charge in [0.25, 0.3) is 0 Å². The smallest absolute Gasteiger partial charge is 0.315 e. The van der Waals surface area contributed by atoms with Crippen LogP contribution in [-0.4, -0.2) is 43.2 Å². The number of amides is 3. The van der Waals surface area contributed by atoms with Crippen molar-refractivity contribution in [2.45, 2.75) is 25.7 Å². The average molecular weight is 257 g/mol. The number of carboxylic acid groups (broad SMARTS) is 1. The minimum atomic E-state index is -0.869. The summed E-state index contributed by atoms with van der Waals surface area (Å²) in [6.45, 7) is -0.0235. The predicted molar refractivity (Wildman–Crippen MR) is 64.0 cm³/mol. The molecule has 0 aromatic carbocycles. The molecule has 1 aliphatic rings. The third kappa shape index (κ3) is 3.61. The predicted octanol–water partition coefficient (Wildman–Crippen LogP) is -0.323. The third-order valence-corrected chi connectivity index (χ3v) is 3.29. The van der Waals surface area contributed by atoms with Gasteiger partial charge in [0.15, 0.2) is 0 Å². The molecule has 1 saturated carbocycles. The molecule has 1 aliphatic carbocycles. The SMILES string of the molecule is CNC(=O)CNC(=O)NCC1(C(=O)O)CCCC1. The maximum atomic E-state index is 11.4. The van der Waals surface area contributed by atoms with Crippen molar-refractivity contribution in [1.82, 2.24) is 16.0 Å². The highest BCUT2D eigenvalue weighted by Gasteiger charge is 2.41. The Balaban J connectivity index is 2.36. The molecule has 102 valence electrons. The number of hydrogen-bond acceptors (Lipinski definition) is 3. The minimum absolute atomic E-state index is 0.0991. The molecule has 4 N–H and O–H groups in total. The van der Waals surface area contributed by atoms with E-state index in [1.165, 1.54) is 7.05 Å². The van der Waals surface area contributed by atoms with Crippen LogP contribution in [0.3, 0.4) is 0 Å². The van der Waals surface area contributed by atoms with Crippen LogP contribution >= 0.6 is 0 Å². The van der Waals surface area contributed by atoms with Gasteiger partial charge in [0.05, 0.1) is 12.0 Å². The van der Waals surface area contributed by atoms with Crippen LogP contribution < -0.4 is 16.0 Å². The van der Waals surface area contributed by atoms with Crippen LogP contribution in [0.5, 0.6) is 0 Å². The van der Waals surface area contributed by atoms with Crippen LogP contribution in [0.15, 0.2) is 0 Å². The van der Waals surface area contributed by atoms with Gasteiger partial charge in [-0.25, -0.2) is 4.79 Å². The molecule has 1 rings (SSSR count). The molecule has 0 saturated heterocycles. The molecule has 18 heavy (non-hydrogen) atoms. The number of hydrogen-bond donors (Lipinski definition) is 4. The number of carboxylic acids is 1. The summed E-state index contributed by atoms with van der Waals surface area (Å²) in [7, 11) is 1.47. The van der Waals surface area contributed by atoms with E-state index in [2.05, 4.69) is 16.0 Å². The van der Waals surface area contributed by atoms with E-state index >= 15 is 0 Å². The first-order chi connectivity index (χ1) is 8.50. The topological polar surface area (TPSA) is 108 Å². The Hall–Kier alpha value is -1.79. The van der Waals surface area contributed by atoms with E-state index < -0.39 is 17.4 Å². The lowest BCUT2D eigenvalue weighted by Gasteiger charge is -2.23. The first-order valence-electron chi connectivity index (χ1n) is 5.96. The van der Waals surface area contributed by atoms with Crippen molar-refractivity contribution in [3.05, 3.63) is 0 Å². The third-order valence-electron chi connectivity index (χ3n) is 3.29. The van der Waals surface area contributed by atoms with E-state index in [4.69, 9.17) is 0 Å². The highest BCUT2D eigenvalue weighted by Crippen LogP contribution is 2.37. The molecule has 0 spiro atoms. The zero-order valence-electron chi connectivity index (χ0n) is 10.4. The summed E-state index contributed by atoms with van der Waals surface area (Å²) in [4.78, 5) is 33.5. The molecule has 0 radical (unpaired) electrons. The largest absolute Gasteiger partial charge is 0.481 e. The molecule has 0 bridgehead atoms. The van der Waals surface area contributed by atoms with Gasteiger partial charge in [-0.3, -0.25) is 9.59 Å². The molecular formula is C11H19N3O4. The van der Waals surface area contributed by atoms with Crippen molar-refractivity contribution < 1.29 is 19.5 Å². The van der Waals surface area contributed by atoms with E-state index in [0.717, 1.165) is 12.8 Å². The molecule has 3 amide bonds. The molecule has 0 aromatic heterocycles. The van der Waals surface area contributed by atoms with Crippen molar-refractivity contribution >= 4 is 17.9 Å². The number of rotatable bonds is 5. The van der Waals surface area contributed by atoms with Crippen LogP contribution in [0.25, 0.3) is 0 Å². The first kappa shape index (κ1) is 14.3. The molecule has 0 aliphatic heterocycles. The van der Waals surface area contributed by atoms with Crippen LogP contribution in [0.4, 0.5) is 4.79 Å². The van der Waals surface area contributed by atoms with E-state index in [0.29, 0.717) is 12.8 Å². The van der Waals surface area contributed by atoms with Gasteiger partial charge in [-0.15, -0.1) is 0 Å². The lowest BCUT2D eigenvalue weighted by atomic mass is 9.86. The van der Waals surface area contributed by atoms with E-state index in [1.54, 1.807) is 0 Å². The van der Waals surface area contributed by atoms with Gasteiger partial charge < -0.3 is 21.1 Å². The van der Waals surface area contributed by atoms with Crippen LogP contribution in [0.2, 0.25) is 0 Å².